The number of nitrogens with two attached hydrogens (primary N) is 1. The summed E-state index contributed by atoms with van der Waals surface area (Å²) >= 11 is 0. The molecule has 1 aliphatic rings. The summed E-state index contributed by atoms with van der Waals surface area (Å²) in [5.74, 6) is -0.263. The lowest BCUT2D eigenvalue weighted by Gasteiger charge is -2.20. The number of rotatable bonds is 3. The number of benzene rings is 1. The van der Waals surface area contributed by atoms with Crippen LogP contribution in [-0.2, 0) is 4.79 Å². The third kappa shape index (κ3) is 3.78. The monoisotopic (exact) mass is 291 g/mol. The van der Waals surface area contributed by atoms with Gasteiger partial charge in [-0.1, -0.05) is 19.3 Å². The molecule has 1 saturated carbocycles. The van der Waals surface area contributed by atoms with E-state index in [1.54, 1.807) is 19.1 Å². The Hall–Kier alpha value is -1.95. The predicted molar refractivity (Wildman–Crippen MR) is 81.0 cm³/mol. The van der Waals surface area contributed by atoms with Crippen LogP contribution in [0.1, 0.15) is 37.7 Å². The summed E-state index contributed by atoms with van der Waals surface area (Å²) in [6, 6.07) is 4.49. The molecule has 1 amide bonds. The number of carbonyl (C=O) groups excluding carboxylic acids is 1. The minimum Gasteiger partial charge on any atom is -0.327 e. The molecule has 1 aromatic rings. The molecule has 2 unspecified atom stereocenters. The van der Waals surface area contributed by atoms with Gasteiger partial charge in [0, 0.05) is 23.4 Å². The Labute approximate surface area is 123 Å². The van der Waals surface area contributed by atoms with Crippen molar-refractivity contribution in [1.29, 1.82) is 0 Å². The number of nitro benzene ring substituents is 1. The van der Waals surface area contributed by atoms with Gasteiger partial charge in [-0.25, -0.2) is 0 Å². The van der Waals surface area contributed by atoms with E-state index in [1.165, 1.54) is 6.07 Å². The van der Waals surface area contributed by atoms with E-state index in [0.29, 0.717) is 11.3 Å². The van der Waals surface area contributed by atoms with E-state index in [1.807, 2.05) is 0 Å². The number of carbonyl (C=O) groups is 1. The van der Waals surface area contributed by atoms with Crippen LogP contribution >= 0.6 is 0 Å². The van der Waals surface area contributed by atoms with Gasteiger partial charge in [0.15, 0.2) is 0 Å². The Balaban J connectivity index is 2.08. The smallest absolute Gasteiger partial charge is 0.272 e. The maximum Gasteiger partial charge on any atom is 0.272 e. The highest BCUT2D eigenvalue weighted by atomic mass is 16.6. The fourth-order valence-electron chi connectivity index (χ4n) is 2.83. The molecular weight excluding hydrogens is 270 g/mol. The van der Waals surface area contributed by atoms with E-state index in [4.69, 9.17) is 5.73 Å². The van der Waals surface area contributed by atoms with Crippen LogP contribution in [0, 0.1) is 23.0 Å². The molecule has 0 bridgehead atoms. The second-order valence-corrected chi connectivity index (χ2v) is 5.66. The molecule has 1 aliphatic carbocycles. The van der Waals surface area contributed by atoms with E-state index >= 15 is 0 Å². The quantitative estimate of drug-likeness (QED) is 0.508. The molecule has 6 heteroatoms. The van der Waals surface area contributed by atoms with Gasteiger partial charge in [0.05, 0.1) is 10.8 Å². The molecule has 1 aromatic carbocycles. The van der Waals surface area contributed by atoms with Gasteiger partial charge in [-0.2, -0.15) is 0 Å². The summed E-state index contributed by atoms with van der Waals surface area (Å²) in [5, 5.41) is 13.6. The van der Waals surface area contributed by atoms with E-state index in [0.717, 1.165) is 32.1 Å². The summed E-state index contributed by atoms with van der Waals surface area (Å²) in [6.45, 7) is 1.66. The molecule has 0 aromatic heterocycles. The van der Waals surface area contributed by atoms with Crippen molar-refractivity contribution in [2.75, 3.05) is 5.32 Å². The molecule has 0 radical (unpaired) electrons. The second kappa shape index (κ2) is 6.67. The number of hydrogen-bond donors (Lipinski definition) is 2. The first-order valence-electron chi connectivity index (χ1n) is 7.30. The highest BCUT2D eigenvalue weighted by Crippen LogP contribution is 2.25. The van der Waals surface area contributed by atoms with E-state index < -0.39 is 4.92 Å². The minimum absolute atomic E-state index is 0.0548. The summed E-state index contributed by atoms with van der Waals surface area (Å²) in [7, 11) is 0. The molecule has 0 saturated heterocycles. The number of nitrogens with zero attached hydrogens (tertiary/aromatic N) is 1. The predicted octanol–water partition coefficient (Wildman–Crippen LogP) is 2.75. The zero-order valence-corrected chi connectivity index (χ0v) is 12.2. The van der Waals surface area contributed by atoms with Crippen molar-refractivity contribution in [2.45, 2.75) is 45.1 Å². The van der Waals surface area contributed by atoms with Crippen LogP contribution < -0.4 is 11.1 Å². The van der Waals surface area contributed by atoms with Gasteiger partial charge in [0.25, 0.3) is 5.69 Å². The average molecular weight is 291 g/mol. The summed E-state index contributed by atoms with van der Waals surface area (Å²) < 4.78 is 0. The largest absolute Gasteiger partial charge is 0.327 e. The molecule has 2 rings (SSSR count). The van der Waals surface area contributed by atoms with E-state index in [-0.39, 0.29) is 23.6 Å². The summed E-state index contributed by atoms with van der Waals surface area (Å²) in [4.78, 5) is 22.7. The minimum atomic E-state index is -0.428. The normalized spacial score (nSPS) is 22.4. The molecular formula is C15H21N3O3. The second-order valence-electron chi connectivity index (χ2n) is 5.66. The van der Waals surface area contributed by atoms with Crippen LogP contribution in [0.4, 0.5) is 11.4 Å². The Morgan fingerprint density at radius 1 is 1.33 bits per heavy atom. The average Bonchev–Trinajstić information content (AvgIpc) is 2.63. The number of nitro groups is 1. The zero-order chi connectivity index (χ0) is 15.4. The Morgan fingerprint density at radius 2 is 2.05 bits per heavy atom. The molecule has 0 aliphatic heterocycles. The SMILES string of the molecule is Cc1cc(NC(=O)C2CCCCCC2N)ccc1[N+](=O)[O-]. The van der Waals surface area contributed by atoms with Gasteiger partial charge in [0.1, 0.15) is 0 Å². The lowest BCUT2D eigenvalue weighted by molar-refractivity contribution is -0.385. The Morgan fingerprint density at radius 3 is 2.71 bits per heavy atom. The van der Waals surface area contributed by atoms with Crippen LogP contribution in [0.25, 0.3) is 0 Å². The molecule has 1 fully saturated rings. The van der Waals surface area contributed by atoms with Crippen LogP contribution in [0.2, 0.25) is 0 Å². The molecule has 3 N–H and O–H groups in total. The van der Waals surface area contributed by atoms with Gasteiger partial charge in [0.2, 0.25) is 5.91 Å². The maximum atomic E-state index is 12.3. The number of nitrogens with one attached hydrogen (secondary N) is 1. The van der Waals surface area contributed by atoms with Gasteiger partial charge in [-0.3, -0.25) is 14.9 Å². The highest BCUT2D eigenvalue weighted by molar-refractivity contribution is 5.93. The molecule has 6 nitrogen and oxygen atoms in total. The molecule has 114 valence electrons. The lowest BCUT2D eigenvalue weighted by atomic mass is 9.94. The van der Waals surface area contributed by atoms with E-state index in [2.05, 4.69) is 5.32 Å². The van der Waals surface area contributed by atoms with Crippen LogP contribution in [-0.4, -0.2) is 16.9 Å². The fraction of sp³-hybridized carbons (Fsp3) is 0.533. The van der Waals surface area contributed by atoms with Crippen LogP contribution in [0.3, 0.4) is 0 Å². The summed E-state index contributed by atoms with van der Waals surface area (Å²) in [5.41, 5.74) is 7.25. The number of amides is 1. The van der Waals surface area contributed by atoms with Crippen molar-refractivity contribution in [3.63, 3.8) is 0 Å². The molecule has 0 spiro atoms. The van der Waals surface area contributed by atoms with Gasteiger partial charge in [-0.15, -0.1) is 0 Å². The highest BCUT2D eigenvalue weighted by Gasteiger charge is 2.27. The third-order valence-corrected chi connectivity index (χ3v) is 4.07. The maximum absolute atomic E-state index is 12.3. The van der Waals surface area contributed by atoms with Crippen molar-refractivity contribution in [1.82, 2.24) is 0 Å². The van der Waals surface area contributed by atoms with Crippen molar-refractivity contribution in [2.24, 2.45) is 11.7 Å². The van der Waals surface area contributed by atoms with Crippen molar-refractivity contribution >= 4 is 17.3 Å². The van der Waals surface area contributed by atoms with E-state index in [9.17, 15) is 14.9 Å². The number of hydrogen-bond acceptors (Lipinski definition) is 4. The lowest BCUT2D eigenvalue weighted by Crippen LogP contribution is -2.37. The van der Waals surface area contributed by atoms with Crippen molar-refractivity contribution < 1.29 is 9.72 Å². The standard InChI is InChI=1S/C15H21N3O3/c1-10-9-11(7-8-14(10)18(20)21)17-15(19)12-5-3-2-4-6-13(12)16/h7-9,12-13H,2-6,16H2,1H3,(H,17,19). The zero-order valence-electron chi connectivity index (χ0n) is 12.2. The molecule has 0 heterocycles. The molecule has 21 heavy (non-hydrogen) atoms. The van der Waals surface area contributed by atoms with Crippen LogP contribution in [0.5, 0.6) is 0 Å². The Bertz CT molecular complexity index is 545. The first-order chi connectivity index (χ1) is 9.99. The topological polar surface area (TPSA) is 98.3 Å². The van der Waals surface area contributed by atoms with Crippen LogP contribution in [0.15, 0.2) is 18.2 Å². The summed E-state index contributed by atoms with van der Waals surface area (Å²) in [6.07, 6.45) is 4.89. The molecule has 2 atom stereocenters. The number of aryl methyl sites for hydroxylation is 1. The first-order valence-corrected chi connectivity index (χ1v) is 7.30. The van der Waals surface area contributed by atoms with Crippen molar-refractivity contribution in [3.8, 4) is 0 Å². The third-order valence-electron chi connectivity index (χ3n) is 4.07. The number of anilines is 1. The van der Waals surface area contributed by atoms with Gasteiger partial charge < -0.3 is 11.1 Å². The van der Waals surface area contributed by atoms with Crippen molar-refractivity contribution in [3.05, 3.63) is 33.9 Å². The van der Waals surface area contributed by atoms with Gasteiger partial charge in [-0.05, 0) is 31.9 Å². The van der Waals surface area contributed by atoms with Gasteiger partial charge >= 0.3 is 0 Å². The Kier molecular flexibility index (Phi) is 4.90. The fourth-order valence-corrected chi connectivity index (χ4v) is 2.83. The first kappa shape index (κ1) is 15.4.